The third kappa shape index (κ3) is 4.04. The molecule has 1 unspecified atom stereocenters. The predicted molar refractivity (Wildman–Crippen MR) is 85.3 cm³/mol. The number of benzene rings is 1. The Hall–Kier alpha value is -0.380. The van der Waals surface area contributed by atoms with E-state index in [9.17, 15) is 0 Å². The zero-order valence-electron chi connectivity index (χ0n) is 12.2. The molecular weight excluding hydrogens is 300 g/mol. The number of nitrogens with one attached hydrogen (secondary N) is 1. The SMILES string of the molecule is CCCC1CN(Cc2cccc(Br)c2)C(C)(C)CN1. The van der Waals surface area contributed by atoms with Crippen LogP contribution in [0.5, 0.6) is 0 Å². The summed E-state index contributed by atoms with van der Waals surface area (Å²) in [7, 11) is 0. The van der Waals surface area contributed by atoms with E-state index in [1.165, 1.54) is 22.9 Å². The first kappa shape index (κ1) is 15.0. The van der Waals surface area contributed by atoms with Crippen LogP contribution in [0.15, 0.2) is 28.7 Å². The van der Waals surface area contributed by atoms with Crippen molar-refractivity contribution in [2.24, 2.45) is 0 Å². The van der Waals surface area contributed by atoms with E-state index in [0.29, 0.717) is 6.04 Å². The van der Waals surface area contributed by atoms with Crippen molar-refractivity contribution in [1.29, 1.82) is 0 Å². The molecule has 1 fully saturated rings. The number of hydrogen-bond acceptors (Lipinski definition) is 2. The van der Waals surface area contributed by atoms with Crippen molar-refractivity contribution in [1.82, 2.24) is 10.2 Å². The van der Waals surface area contributed by atoms with Crippen molar-refractivity contribution in [2.75, 3.05) is 13.1 Å². The van der Waals surface area contributed by atoms with Gasteiger partial charge in [0.2, 0.25) is 0 Å². The first-order valence-corrected chi connectivity index (χ1v) is 8.03. The number of rotatable bonds is 4. The van der Waals surface area contributed by atoms with E-state index in [-0.39, 0.29) is 5.54 Å². The predicted octanol–water partition coefficient (Wildman–Crippen LogP) is 3.80. The maximum absolute atomic E-state index is 3.69. The highest BCUT2D eigenvalue weighted by Gasteiger charge is 2.33. The van der Waals surface area contributed by atoms with E-state index < -0.39 is 0 Å². The standard InChI is InChI=1S/C16H25BrN2/c1-4-6-15-11-19(16(2,3)12-18-15)10-13-7-5-8-14(17)9-13/h5,7-9,15,18H,4,6,10-12H2,1-3H3. The van der Waals surface area contributed by atoms with E-state index >= 15 is 0 Å². The molecule has 0 bridgehead atoms. The fourth-order valence-corrected chi connectivity index (χ4v) is 3.21. The molecule has 1 heterocycles. The summed E-state index contributed by atoms with van der Waals surface area (Å²) in [6, 6.07) is 9.31. The van der Waals surface area contributed by atoms with Gasteiger partial charge in [0.05, 0.1) is 0 Å². The average molecular weight is 325 g/mol. The molecule has 0 aromatic heterocycles. The van der Waals surface area contributed by atoms with Gasteiger partial charge in [-0.3, -0.25) is 4.90 Å². The summed E-state index contributed by atoms with van der Waals surface area (Å²) in [5.41, 5.74) is 1.62. The Labute approximate surface area is 125 Å². The zero-order valence-corrected chi connectivity index (χ0v) is 13.8. The Balaban J connectivity index is 2.06. The zero-order chi connectivity index (χ0) is 13.9. The minimum Gasteiger partial charge on any atom is -0.311 e. The van der Waals surface area contributed by atoms with Gasteiger partial charge in [0, 0.05) is 35.7 Å². The van der Waals surface area contributed by atoms with Gasteiger partial charge in [0.25, 0.3) is 0 Å². The average Bonchev–Trinajstić information content (AvgIpc) is 2.34. The van der Waals surface area contributed by atoms with Crippen molar-refractivity contribution in [2.45, 2.75) is 51.7 Å². The summed E-state index contributed by atoms with van der Waals surface area (Å²) in [5, 5.41) is 3.69. The van der Waals surface area contributed by atoms with E-state index in [2.05, 4.69) is 71.2 Å². The molecule has 19 heavy (non-hydrogen) atoms. The van der Waals surface area contributed by atoms with Gasteiger partial charge in [0.1, 0.15) is 0 Å². The molecule has 1 atom stereocenters. The van der Waals surface area contributed by atoms with Gasteiger partial charge in [-0.15, -0.1) is 0 Å². The fourth-order valence-electron chi connectivity index (χ4n) is 2.76. The highest BCUT2D eigenvalue weighted by molar-refractivity contribution is 9.10. The first-order chi connectivity index (χ1) is 9.01. The third-order valence-corrected chi connectivity index (χ3v) is 4.51. The molecule has 1 saturated heterocycles. The van der Waals surface area contributed by atoms with Crippen LogP contribution >= 0.6 is 15.9 Å². The van der Waals surface area contributed by atoms with E-state index in [4.69, 9.17) is 0 Å². The second-order valence-corrected chi connectivity index (χ2v) is 7.11. The smallest absolute Gasteiger partial charge is 0.0281 e. The first-order valence-electron chi connectivity index (χ1n) is 7.24. The minimum absolute atomic E-state index is 0.229. The van der Waals surface area contributed by atoms with Crippen molar-refractivity contribution in [3.05, 3.63) is 34.3 Å². The number of piperazine rings is 1. The van der Waals surface area contributed by atoms with Crippen molar-refractivity contribution >= 4 is 15.9 Å². The highest BCUT2D eigenvalue weighted by Crippen LogP contribution is 2.23. The molecule has 106 valence electrons. The van der Waals surface area contributed by atoms with Crippen molar-refractivity contribution in [3.8, 4) is 0 Å². The summed E-state index contributed by atoms with van der Waals surface area (Å²) in [6.45, 7) is 10.2. The van der Waals surface area contributed by atoms with Gasteiger partial charge >= 0.3 is 0 Å². The lowest BCUT2D eigenvalue weighted by Gasteiger charge is -2.46. The van der Waals surface area contributed by atoms with Crippen LogP contribution in [0.25, 0.3) is 0 Å². The van der Waals surface area contributed by atoms with Crippen LogP contribution in [0, 0.1) is 0 Å². The second kappa shape index (κ2) is 6.38. The minimum atomic E-state index is 0.229. The topological polar surface area (TPSA) is 15.3 Å². The molecule has 2 rings (SSSR count). The maximum Gasteiger partial charge on any atom is 0.0281 e. The molecule has 1 N–H and O–H groups in total. The third-order valence-electron chi connectivity index (χ3n) is 4.02. The Kier molecular flexibility index (Phi) is 5.04. The van der Waals surface area contributed by atoms with Crippen LogP contribution in [-0.4, -0.2) is 29.6 Å². The van der Waals surface area contributed by atoms with Gasteiger partial charge in [0.15, 0.2) is 0 Å². The molecule has 0 radical (unpaired) electrons. The molecule has 0 saturated carbocycles. The quantitative estimate of drug-likeness (QED) is 0.906. The van der Waals surface area contributed by atoms with Gasteiger partial charge in [-0.05, 0) is 38.0 Å². The van der Waals surface area contributed by atoms with E-state index in [0.717, 1.165) is 19.6 Å². The van der Waals surface area contributed by atoms with Crippen molar-refractivity contribution in [3.63, 3.8) is 0 Å². The van der Waals surface area contributed by atoms with E-state index in [1.807, 2.05) is 0 Å². The normalized spacial score (nSPS) is 23.5. The van der Waals surface area contributed by atoms with Gasteiger partial charge in [-0.1, -0.05) is 41.4 Å². The molecule has 0 aliphatic carbocycles. The monoisotopic (exact) mass is 324 g/mol. The summed E-state index contributed by atoms with van der Waals surface area (Å²) in [6.07, 6.45) is 2.52. The van der Waals surface area contributed by atoms with Crippen LogP contribution in [0.4, 0.5) is 0 Å². The number of nitrogens with zero attached hydrogens (tertiary/aromatic N) is 1. The molecule has 0 amide bonds. The molecular formula is C16H25BrN2. The second-order valence-electron chi connectivity index (χ2n) is 6.19. The molecule has 1 aliphatic rings. The maximum atomic E-state index is 3.69. The summed E-state index contributed by atoms with van der Waals surface area (Å²) >= 11 is 3.56. The molecule has 3 heteroatoms. The number of halogens is 1. The summed E-state index contributed by atoms with van der Waals surface area (Å²) in [4.78, 5) is 2.62. The van der Waals surface area contributed by atoms with E-state index in [1.54, 1.807) is 0 Å². The van der Waals surface area contributed by atoms with Crippen LogP contribution in [0.2, 0.25) is 0 Å². The lowest BCUT2D eigenvalue weighted by molar-refractivity contribution is 0.0563. The van der Waals surface area contributed by atoms with Gasteiger partial charge in [-0.25, -0.2) is 0 Å². The molecule has 0 spiro atoms. The lowest BCUT2D eigenvalue weighted by atomic mass is 9.95. The summed E-state index contributed by atoms with van der Waals surface area (Å²) < 4.78 is 1.17. The van der Waals surface area contributed by atoms with Crippen LogP contribution in [0.3, 0.4) is 0 Å². The molecule has 2 nitrogen and oxygen atoms in total. The Morgan fingerprint density at radius 2 is 2.21 bits per heavy atom. The largest absolute Gasteiger partial charge is 0.311 e. The lowest BCUT2D eigenvalue weighted by Crippen LogP contribution is -2.61. The summed E-state index contributed by atoms with van der Waals surface area (Å²) in [5.74, 6) is 0. The highest BCUT2D eigenvalue weighted by atomic mass is 79.9. The van der Waals surface area contributed by atoms with Crippen LogP contribution in [0.1, 0.15) is 39.2 Å². The van der Waals surface area contributed by atoms with Crippen LogP contribution < -0.4 is 5.32 Å². The fraction of sp³-hybridized carbons (Fsp3) is 0.625. The van der Waals surface area contributed by atoms with Gasteiger partial charge in [-0.2, -0.15) is 0 Å². The molecule has 1 aromatic rings. The Morgan fingerprint density at radius 1 is 1.42 bits per heavy atom. The molecule has 1 aromatic carbocycles. The van der Waals surface area contributed by atoms with Crippen molar-refractivity contribution < 1.29 is 0 Å². The Morgan fingerprint density at radius 3 is 2.89 bits per heavy atom. The number of hydrogen-bond donors (Lipinski definition) is 1. The van der Waals surface area contributed by atoms with Gasteiger partial charge < -0.3 is 5.32 Å². The Bertz CT molecular complexity index is 417. The molecule has 1 aliphatic heterocycles. The van der Waals surface area contributed by atoms with Crippen LogP contribution in [-0.2, 0) is 6.54 Å².